The standard InChI is InChI=1S/C37H50FN7O4S/c1-26(2)45(27(3)4)36(46)32-19-28(38)11-14-33(32)49-34-20-40-25-41-35(34)44-23-37(24-44)15-17-43(18-16-37)21-30-13-12-29(22-48-30)42-50(47,39-5)31-9-7-6-8-10-31/h6-11,14,19-20,25-27,29-30H,12-13,15-18,21-24H2,1-5H3,(H,39,42,47)/t29-,30+,50?/m1/s1. The molecule has 50 heavy (non-hydrogen) atoms. The molecule has 11 nitrogen and oxygen atoms in total. The largest absolute Gasteiger partial charge is 0.451 e. The van der Waals surface area contributed by atoms with Crippen molar-refractivity contribution in [1.29, 1.82) is 0 Å². The zero-order valence-corrected chi connectivity index (χ0v) is 30.6. The van der Waals surface area contributed by atoms with E-state index in [0.29, 0.717) is 23.1 Å². The van der Waals surface area contributed by atoms with Crippen LogP contribution in [0, 0.1) is 11.2 Å². The third-order valence-electron chi connectivity index (χ3n) is 10.1. The minimum absolute atomic E-state index is 0.00573. The second-order valence-corrected chi connectivity index (χ2v) is 16.5. The maximum absolute atomic E-state index is 14.4. The molecule has 3 fully saturated rings. The van der Waals surface area contributed by atoms with Gasteiger partial charge in [0.15, 0.2) is 11.6 Å². The molecule has 1 spiro atoms. The summed E-state index contributed by atoms with van der Waals surface area (Å²) in [5.74, 6) is 0.609. The Kier molecular flexibility index (Phi) is 11.1. The van der Waals surface area contributed by atoms with Gasteiger partial charge in [-0.2, -0.15) is 0 Å². The van der Waals surface area contributed by atoms with Crippen LogP contribution in [0.5, 0.6) is 11.5 Å². The highest BCUT2D eigenvalue weighted by atomic mass is 32.2. The number of benzene rings is 2. The highest BCUT2D eigenvalue weighted by Gasteiger charge is 2.46. The molecule has 1 amide bonds. The third kappa shape index (κ3) is 7.96. The second kappa shape index (κ2) is 15.3. The zero-order chi connectivity index (χ0) is 35.5. The Balaban J connectivity index is 1.01. The van der Waals surface area contributed by atoms with E-state index in [1.165, 1.54) is 24.5 Å². The van der Waals surface area contributed by atoms with Crippen LogP contribution < -0.4 is 14.4 Å². The number of nitrogens with one attached hydrogen (secondary N) is 1. The second-order valence-electron chi connectivity index (χ2n) is 14.4. The average Bonchev–Trinajstić information content (AvgIpc) is 3.09. The van der Waals surface area contributed by atoms with Gasteiger partial charge in [0.1, 0.15) is 27.8 Å². The monoisotopic (exact) mass is 707 g/mol. The predicted octanol–water partition coefficient (Wildman–Crippen LogP) is 5.78. The van der Waals surface area contributed by atoms with Crippen molar-refractivity contribution >= 4 is 21.6 Å². The summed E-state index contributed by atoms with van der Waals surface area (Å²) in [5.41, 5.74) is 0.376. The van der Waals surface area contributed by atoms with Gasteiger partial charge in [-0.05, 0) is 96.8 Å². The first-order chi connectivity index (χ1) is 24.0. The summed E-state index contributed by atoms with van der Waals surface area (Å²) < 4.78 is 47.9. The summed E-state index contributed by atoms with van der Waals surface area (Å²) in [6.07, 6.45) is 7.23. The summed E-state index contributed by atoms with van der Waals surface area (Å²) in [5, 5.41) is 0. The van der Waals surface area contributed by atoms with Crippen LogP contribution in [0.4, 0.5) is 10.2 Å². The number of rotatable bonds is 11. The molecule has 13 heteroatoms. The van der Waals surface area contributed by atoms with Crippen LogP contribution in [0.3, 0.4) is 0 Å². The van der Waals surface area contributed by atoms with Crippen LogP contribution in [0.15, 0.2) is 70.3 Å². The van der Waals surface area contributed by atoms with E-state index >= 15 is 0 Å². The molecule has 1 N–H and O–H groups in total. The molecule has 0 saturated carbocycles. The molecule has 0 radical (unpaired) electrons. The molecule has 1 unspecified atom stereocenters. The predicted molar refractivity (Wildman–Crippen MR) is 192 cm³/mol. The first-order valence-corrected chi connectivity index (χ1v) is 19.2. The number of amides is 1. The van der Waals surface area contributed by atoms with Crippen LogP contribution >= 0.6 is 0 Å². The van der Waals surface area contributed by atoms with E-state index in [-0.39, 0.29) is 46.9 Å². The van der Waals surface area contributed by atoms with Gasteiger partial charge in [0.25, 0.3) is 5.91 Å². The lowest BCUT2D eigenvalue weighted by molar-refractivity contribution is -0.0298. The van der Waals surface area contributed by atoms with Crippen molar-refractivity contribution in [3.05, 3.63) is 72.4 Å². The quantitative estimate of drug-likeness (QED) is 0.267. The van der Waals surface area contributed by atoms with E-state index in [1.54, 1.807) is 18.1 Å². The highest BCUT2D eigenvalue weighted by Crippen LogP contribution is 2.45. The Bertz CT molecular complexity index is 1740. The molecule has 3 atom stereocenters. The maximum Gasteiger partial charge on any atom is 0.258 e. The fourth-order valence-corrected chi connectivity index (χ4v) is 9.14. The number of carbonyl (C=O) groups is 1. The normalized spacial score (nSPS) is 21.9. The Morgan fingerprint density at radius 2 is 1.82 bits per heavy atom. The van der Waals surface area contributed by atoms with Crippen LogP contribution in [0.1, 0.15) is 63.7 Å². The number of aromatic nitrogens is 2. The van der Waals surface area contributed by atoms with Gasteiger partial charge in [-0.15, -0.1) is 0 Å². The van der Waals surface area contributed by atoms with E-state index in [4.69, 9.17) is 9.47 Å². The molecule has 3 aliphatic rings. The number of carbonyl (C=O) groups excluding carboxylic acids is 1. The van der Waals surface area contributed by atoms with Crippen LogP contribution in [-0.4, -0.2) is 100 Å². The summed E-state index contributed by atoms with van der Waals surface area (Å²) in [4.78, 5) is 29.5. The third-order valence-corrected chi connectivity index (χ3v) is 12.2. The lowest BCUT2D eigenvalue weighted by Crippen LogP contribution is -2.61. The van der Waals surface area contributed by atoms with Crippen molar-refractivity contribution in [2.45, 2.75) is 82.5 Å². The molecule has 6 rings (SSSR count). The van der Waals surface area contributed by atoms with Crippen molar-refractivity contribution in [3.63, 3.8) is 0 Å². The Morgan fingerprint density at radius 3 is 2.46 bits per heavy atom. The minimum atomic E-state index is -2.68. The highest BCUT2D eigenvalue weighted by molar-refractivity contribution is 7.91. The summed E-state index contributed by atoms with van der Waals surface area (Å²) in [6.45, 7) is 12.9. The van der Waals surface area contributed by atoms with E-state index in [9.17, 15) is 13.4 Å². The molecule has 0 aliphatic carbocycles. The van der Waals surface area contributed by atoms with Gasteiger partial charge in [0, 0.05) is 50.2 Å². The smallest absolute Gasteiger partial charge is 0.258 e. The fourth-order valence-electron chi connectivity index (χ4n) is 7.53. The molecule has 270 valence electrons. The van der Waals surface area contributed by atoms with Gasteiger partial charge in [-0.1, -0.05) is 18.2 Å². The Morgan fingerprint density at radius 1 is 1.10 bits per heavy atom. The molecule has 2 aromatic carbocycles. The van der Waals surface area contributed by atoms with E-state index < -0.39 is 15.7 Å². The van der Waals surface area contributed by atoms with Crippen molar-refractivity contribution in [1.82, 2.24) is 24.5 Å². The van der Waals surface area contributed by atoms with Crippen LogP contribution in [-0.2, 0) is 14.7 Å². The fraction of sp³-hybridized carbons (Fsp3) is 0.541. The molecule has 4 heterocycles. The number of ether oxygens (including phenoxy) is 2. The van der Waals surface area contributed by atoms with Crippen LogP contribution in [0.25, 0.3) is 0 Å². The van der Waals surface area contributed by atoms with Gasteiger partial charge in [-0.25, -0.2) is 27.7 Å². The molecular weight excluding hydrogens is 658 g/mol. The lowest BCUT2D eigenvalue weighted by atomic mass is 9.72. The number of hydrogen-bond donors (Lipinski definition) is 1. The summed E-state index contributed by atoms with van der Waals surface area (Å²) >= 11 is 0. The number of nitrogens with zero attached hydrogens (tertiary/aromatic N) is 6. The number of anilines is 1. The van der Waals surface area contributed by atoms with Gasteiger partial charge in [-0.3, -0.25) is 4.79 Å². The molecular formula is C37H50FN7O4S. The number of likely N-dealkylation sites (tertiary alicyclic amines) is 1. The van der Waals surface area contributed by atoms with Gasteiger partial charge < -0.3 is 24.2 Å². The average molecular weight is 708 g/mol. The van der Waals surface area contributed by atoms with Crippen molar-refractivity contribution in [2.24, 2.45) is 9.78 Å². The van der Waals surface area contributed by atoms with Gasteiger partial charge in [0.05, 0.1) is 29.4 Å². The number of piperidine rings is 1. The summed E-state index contributed by atoms with van der Waals surface area (Å²) in [6, 6.07) is 13.3. The first kappa shape index (κ1) is 36.2. The van der Waals surface area contributed by atoms with Crippen molar-refractivity contribution < 1.29 is 22.9 Å². The molecule has 3 aromatic rings. The SMILES string of the molecule is CN=S(=O)(N[C@@H]1CC[C@@H](CN2CCC3(CC2)CN(c2ncncc2Oc2ccc(F)cc2C(=O)N(C(C)C)C(C)C)C3)OC1)c1ccccc1. The first-order valence-electron chi connectivity index (χ1n) is 17.7. The van der Waals surface area contributed by atoms with E-state index in [2.05, 4.69) is 28.9 Å². The molecule has 3 aliphatic heterocycles. The zero-order valence-electron chi connectivity index (χ0n) is 29.8. The Labute approximate surface area is 295 Å². The van der Waals surface area contributed by atoms with E-state index in [0.717, 1.165) is 58.4 Å². The van der Waals surface area contributed by atoms with Crippen molar-refractivity contribution in [3.8, 4) is 11.5 Å². The van der Waals surface area contributed by atoms with Gasteiger partial charge >= 0.3 is 0 Å². The molecule has 3 saturated heterocycles. The maximum atomic E-state index is 14.4. The van der Waals surface area contributed by atoms with E-state index in [1.807, 2.05) is 58.0 Å². The lowest BCUT2D eigenvalue weighted by Gasteiger charge is -2.54. The topological polar surface area (TPSA) is 112 Å². The number of hydrogen-bond acceptors (Lipinski definition) is 9. The number of halogens is 1. The summed E-state index contributed by atoms with van der Waals surface area (Å²) in [7, 11) is -1.08. The minimum Gasteiger partial charge on any atom is -0.451 e. The molecule has 0 bridgehead atoms. The van der Waals surface area contributed by atoms with Crippen molar-refractivity contribution in [2.75, 3.05) is 51.3 Å². The Hall–Kier alpha value is -3.65. The molecule has 1 aromatic heterocycles. The van der Waals surface area contributed by atoms with Crippen LogP contribution in [0.2, 0.25) is 0 Å². The van der Waals surface area contributed by atoms with Gasteiger partial charge in [0.2, 0.25) is 0 Å².